The number of nitrogens with zero attached hydrogens (tertiary/aromatic N) is 1. The molecular formula is C10H9NO2. The standard InChI is InChI=1S/C10H9NO2/c11-7-3-5-8-4-1-2-6-9(8)10(12)13/h1-6,10,12-13H. The van der Waals surface area contributed by atoms with Crippen molar-refractivity contribution in [1.29, 1.82) is 5.26 Å². The van der Waals surface area contributed by atoms with Gasteiger partial charge in [-0.1, -0.05) is 24.3 Å². The topological polar surface area (TPSA) is 64.2 Å². The zero-order valence-electron chi connectivity index (χ0n) is 6.88. The van der Waals surface area contributed by atoms with Crippen LogP contribution in [0.15, 0.2) is 30.3 Å². The van der Waals surface area contributed by atoms with Crippen molar-refractivity contribution in [3.63, 3.8) is 0 Å². The lowest BCUT2D eigenvalue weighted by molar-refractivity contribution is -0.0426. The van der Waals surface area contributed by atoms with Crippen molar-refractivity contribution >= 4 is 6.08 Å². The molecule has 0 atom stereocenters. The van der Waals surface area contributed by atoms with E-state index in [0.717, 1.165) is 0 Å². The molecule has 0 saturated carbocycles. The Morgan fingerprint density at radius 2 is 2.00 bits per heavy atom. The molecule has 3 heteroatoms. The van der Waals surface area contributed by atoms with Crippen molar-refractivity contribution in [2.45, 2.75) is 6.29 Å². The fourth-order valence-corrected chi connectivity index (χ4v) is 1.02. The van der Waals surface area contributed by atoms with E-state index in [1.165, 1.54) is 12.2 Å². The minimum Gasteiger partial charge on any atom is -0.364 e. The summed E-state index contributed by atoms with van der Waals surface area (Å²) in [6.07, 6.45) is 1.33. The van der Waals surface area contributed by atoms with Gasteiger partial charge in [-0.15, -0.1) is 0 Å². The van der Waals surface area contributed by atoms with Crippen LogP contribution < -0.4 is 0 Å². The summed E-state index contributed by atoms with van der Waals surface area (Å²) >= 11 is 0. The molecule has 0 aliphatic carbocycles. The Bertz CT molecular complexity index is 350. The lowest BCUT2D eigenvalue weighted by Crippen LogP contribution is -1.96. The van der Waals surface area contributed by atoms with E-state index >= 15 is 0 Å². The predicted molar refractivity (Wildman–Crippen MR) is 48.3 cm³/mol. The van der Waals surface area contributed by atoms with Gasteiger partial charge in [-0.2, -0.15) is 5.26 Å². The van der Waals surface area contributed by atoms with E-state index in [2.05, 4.69) is 0 Å². The van der Waals surface area contributed by atoms with Gasteiger partial charge < -0.3 is 10.2 Å². The fourth-order valence-electron chi connectivity index (χ4n) is 1.02. The Hall–Kier alpha value is -1.63. The highest BCUT2D eigenvalue weighted by Gasteiger charge is 2.05. The second kappa shape index (κ2) is 4.41. The Morgan fingerprint density at radius 1 is 1.31 bits per heavy atom. The first-order valence-corrected chi connectivity index (χ1v) is 3.77. The van der Waals surface area contributed by atoms with Crippen LogP contribution in [0.4, 0.5) is 0 Å². The molecule has 66 valence electrons. The molecule has 1 aromatic rings. The molecule has 0 radical (unpaired) electrons. The number of nitriles is 1. The molecule has 0 unspecified atom stereocenters. The molecule has 2 N–H and O–H groups in total. The van der Waals surface area contributed by atoms with Crippen LogP contribution in [0, 0.1) is 11.3 Å². The molecule has 0 aromatic heterocycles. The summed E-state index contributed by atoms with van der Waals surface area (Å²) in [5, 5.41) is 26.2. The highest BCUT2D eigenvalue weighted by molar-refractivity contribution is 5.55. The highest BCUT2D eigenvalue weighted by atomic mass is 16.5. The van der Waals surface area contributed by atoms with Gasteiger partial charge in [0.05, 0.1) is 6.07 Å². The molecule has 3 nitrogen and oxygen atoms in total. The van der Waals surface area contributed by atoms with Crippen molar-refractivity contribution in [1.82, 2.24) is 0 Å². The molecule has 1 aromatic carbocycles. The summed E-state index contributed by atoms with van der Waals surface area (Å²) in [7, 11) is 0. The van der Waals surface area contributed by atoms with Crippen LogP contribution >= 0.6 is 0 Å². The van der Waals surface area contributed by atoms with Crippen LogP contribution in [0.25, 0.3) is 6.08 Å². The zero-order chi connectivity index (χ0) is 9.68. The summed E-state index contributed by atoms with van der Waals surface area (Å²) in [4.78, 5) is 0. The maximum atomic E-state index is 8.94. The summed E-state index contributed by atoms with van der Waals surface area (Å²) < 4.78 is 0. The van der Waals surface area contributed by atoms with Crippen molar-refractivity contribution in [3.8, 4) is 6.07 Å². The summed E-state index contributed by atoms with van der Waals surface area (Å²) in [6, 6.07) is 8.62. The zero-order valence-corrected chi connectivity index (χ0v) is 6.88. The molecule has 0 aliphatic rings. The first kappa shape index (κ1) is 9.46. The van der Waals surface area contributed by atoms with E-state index in [1.54, 1.807) is 24.3 Å². The molecule has 1 rings (SSSR count). The highest BCUT2D eigenvalue weighted by Crippen LogP contribution is 2.16. The van der Waals surface area contributed by atoms with Crippen LogP contribution in [0.5, 0.6) is 0 Å². The molecule has 0 aliphatic heterocycles. The number of aliphatic hydroxyl groups excluding tert-OH is 1. The normalized spacial score (nSPS) is 10.6. The second-order valence-corrected chi connectivity index (χ2v) is 2.47. The fraction of sp³-hybridized carbons (Fsp3) is 0.100. The maximum absolute atomic E-state index is 8.94. The van der Waals surface area contributed by atoms with E-state index < -0.39 is 6.29 Å². The lowest BCUT2D eigenvalue weighted by Gasteiger charge is -2.06. The Balaban J connectivity index is 3.06. The number of allylic oxidation sites excluding steroid dienone is 1. The van der Waals surface area contributed by atoms with Crippen LogP contribution in [-0.2, 0) is 0 Å². The molecule has 0 spiro atoms. The summed E-state index contributed by atoms with van der Waals surface area (Å²) in [5.41, 5.74) is 1.04. The summed E-state index contributed by atoms with van der Waals surface area (Å²) in [6.45, 7) is 0. The third-order valence-corrected chi connectivity index (χ3v) is 1.61. The predicted octanol–water partition coefficient (Wildman–Crippen LogP) is 1.21. The van der Waals surface area contributed by atoms with E-state index in [1.807, 2.05) is 6.07 Å². The van der Waals surface area contributed by atoms with Crippen LogP contribution in [0.2, 0.25) is 0 Å². The van der Waals surface area contributed by atoms with E-state index in [0.29, 0.717) is 11.1 Å². The molecule has 0 heterocycles. The number of hydrogen-bond acceptors (Lipinski definition) is 3. The molecule has 0 fully saturated rings. The van der Waals surface area contributed by atoms with Gasteiger partial charge in [0.1, 0.15) is 0 Å². The number of rotatable bonds is 2. The van der Waals surface area contributed by atoms with Crippen molar-refractivity contribution in [3.05, 3.63) is 41.5 Å². The SMILES string of the molecule is N#CC=Cc1ccccc1C(O)O. The number of hydrogen-bond donors (Lipinski definition) is 2. The number of benzene rings is 1. The van der Waals surface area contributed by atoms with Gasteiger partial charge in [0.15, 0.2) is 6.29 Å². The quantitative estimate of drug-likeness (QED) is 0.524. The van der Waals surface area contributed by atoms with Gasteiger partial charge in [-0.3, -0.25) is 0 Å². The smallest absolute Gasteiger partial charge is 0.179 e. The van der Waals surface area contributed by atoms with Crippen LogP contribution in [0.1, 0.15) is 17.4 Å². The summed E-state index contributed by atoms with van der Waals surface area (Å²) in [5.74, 6) is 0. The minimum absolute atomic E-state index is 0.397. The van der Waals surface area contributed by atoms with Crippen LogP contribution in [0.3, 0.4) is 0 Å². The van der Waals surface area contributed by atoms with Crippen molar-refractivity contribution in [2.24, 2.45) is 0 Å². The molecule has 0 bridgehead atoms. The first-order chi connectivity index (χ1) is 6.25. The van der Waals surface area contributed by atoms with Gasteiger partial charge in [-0.25, -0.2) is 0 Å². The monoisotopic (exact) mass is 175 g/mol. The second-order valence-electron chi connectivity index (χ2n) is 2.47. The number of aliphatic hydroxyl groups is 2. The van der Waals surface area contributed by atoms with Crippen molar-refractivity contribution < 1.29 is 10.2 Å². The van der Waals surface area contributed by atoms with Gasteiger partial charge in [-0.05, 0) is 11.6 Å². The van der Waals surface area contributed by atoms with E-state index in [9.17, 15) is 0 Å². The first-order valence-electron chi connectivity index (χ1n) is 3.77. The van der Waals surface area contributed by atoms with Crippen LogP contribution in [-0.4, -0.2) is 10.2 Å². The average molecular weight is 175 g/mol. The van der Waals surface area contributed by atoms with E-state index in [-0.39, 0.29) is 0 Å². The van der Waals surface area contributed by atoms with E-state index in [4.69, 9.17) is 15.5 Å². The largest absolute Gasteiger partial charge is 0.364 e. The Morgan fingerprint density at radius 3 is 2.62 bits per heavy atom. The minimum atomic E-state index is -1.50. The van der Waals surface area contributed by atoms with Gasteiger partial charge in [0, 0.05) is 11.6 Å². The third kappa shape index (κ3) is 2.41. The van der Waals surface area contributed by atoms with Gasteiger partial charge in [0.25, 0.3) is 0 Å². The molecule has 0 amide bonds. The van der Waals surface area contributed by atoms with Gasteiger partial charge >= 0.3 is 0 Å². The molecular weight excluding hydrogens is 166 g/mol. The Kier molecular flexibility index (Phi) is 3.21. The third-order valence-electron chi connectivity index (χ3n) is 1.61. The molecule has 13 heavy (non-hydrogen) atoms. The lowest BCUT2D eigenvalue weighted by atomic mass is 10.1. The molecule has 0 saturated heterocycles. The maximum Gasteiger partial charge on any atom is 0.179 e. The van der Waals surface area contributed by atoms with Crippen molar-refractivity contribution in [2.75, 3.05) is 0 Å². The average Bonchev–Trinajstić information content (AvgIpc) is 2.15. The van der Waals surface area contributed by atoms with Gasteiger partial charge in [0.2, 0.25) is 0 Å². The Labute approximate surface area is 76.2 Å².